The van der Waals surface area contributed by atoms with Gasteiger partial charge in [0.2, 0.25) is 10.0 Å². The second kappa shape index (κ2) is 5.84. The van der Waals surface area contributed by atoms with Crippen LogP contribution in [0.3, 0.4) is 0 Å². The second-order valence-corrected chi connectivity index (χ2v) is 7.73. The largest absolute Gasteiger partial charge is 0.313 e. The number of nitrogens with one attached hydrogen (secondary N) is 2. The SMILES string of the molecule is O=S(=O)(CC1CCCCN1)NCC1Cc2ccccc21. The van der Waals surface area contributed by atoms with Gasteiger partial charge in [-0.3, -0.25) is 0 Å². The molecular formula is C15H22N2O2S. The highest BCUT2D eigenvalue weighted by Gasteiger charge is 2.27. The highest BCUT2D eigenvalue weighted by molar-refractivity contribution is 7.89. The first-order chi connectivity index (χ1) is 9.64. The molecule has 0 radical (unpaired) electrons. The molecule has 0 saturated carbocycles. The van der Waals surface area contributed by atoms with Crippen LogP contribution in [0.5, 0.6) is 0 Å². The summed E-state index contributed by atoms with van der Waals surface area (Å²) in [5, 5.41) is 3.29. The summed E-state index contributed by atoms with van der Waals surface area (Å²) >= 11 is 0. The van der Waals surface area contributed by atoms with Gasteiger partial charge in [0.05, 0.1) is 5.75 Å². The molecule has 0 amide bonds. The zero-order valence-electron chi connectivity index (χ0n) is 11.6. The van der Waals surface area contributed by atoms with Gasteiger partial charge in [0.25, 0.3) is 0 Å². The molecule has 5 heteroatoms. The molecule has 1 aliphatic heterocycles. The first-order valence-electron chi connectivity index (χ1n) is 7.42. The van der Waals surface area contributed by atoms with Crippen molar-refractivity contribution in [1.82, 2.24) is 10.0 Å². The van der Waals surface area contributed by atoms with Crippen molar-refractivity contribution < 1.29 is 8.42 Å². The molecule has 4 nitrogen and oxygen atoms in total. The van der Waals surface area contributed by atoms with Crippen LogP contribution in [0.25, 0.3) is 0 Å². The van der Waals surface area contributed by atoms with Crippen molar-refractivity contribution in [3.8, 4) is 0 Å². The van der Waals surface area contributed by atoms with Crippen molar-refractivity contribution >= 4 is 10.0 Å². The lowest BCUT2D eigenvalue weighted by atomic mass is 9.78. The van der Waals surface area contributed by atoms with E-state index >= 15 is 0 Å². The number of fused-ring (bicyclic) bond motifs is 1. The Labute approximate surface area is 121 Å². The van der Waals surface area contributed by atoms with Crippen molar-refractivity contribution in [2.45, 2.75) is 37.6 Å². The van der Waals surface area contributed by atoms with Gasteiger partial charge in [-0.05, 0) is 36.9 Å². The van der Waals surface area contributed by atoms with E-state index in [1.165, 1.54) is 11.1 Å². The van der Waals surface area contributed by atoms with E-state index in [2.05, 4.69) is 22.2 Å². The van der Waals surface area contributed by atoms with Crippen LogP contribution >= 0.6 is 0 Å². The Balaban J connectivity index is 1.51. The predicted molar refractivity (Wildman–Crippen MR) is 80.3 cm³/mol. The second-order valence-electron chi connectivity index (χ2n) is 5.88. The summed E-state index contributed by atoms with van der Waals surface area (Å²) < 4.78 is 27.0. The van der Waals surface area contributed by atoms with Gasteiger partial charge in [0.1, 0.15) is 0 Å². The van der Waals surface area contributed by atoms with Crippen LogP contribution in [0.4, 0.5) is 0 Å². The van der Waals surface area contributed by atoms with Crippen LogP contribution < -0.4 is 10.0 Å². The van der Waals surface area contributed by atoms with Crippen LogP contribution in [0.2, 0.25) is 0 Å². The maximum Gasteiger partial charge on any atom is 0.213 e. The lowest BCUT2D eigenvalue weighted by Gasteiger charge is -2.30. The Morgan fingerprint density at radius 3 is 2.85 bits per heavy atom. The molecule has 3 rings (SSSR count). The Bertz CT molecular complexity index is 565. The highest BCUT2D eigenvalue weighted by Crippen LogP contribution is 2.34. The quantitative estimate of drug-likeness (QED) is 0.863. The predicted octanol–water partition coefficient (Wildman–Crippen LogP) is 1.39. The van der Waals surface area contributed by atoms with Gasteiger partial charge in [0, 0.05) is 18.5 Å². The zero-order chi connectivity index (χ0) is 14.0. The normalized spacial score (nSPS) is 25.8. The molecule has 0 bridgehead atoms. The maximum absolute atomic E-state index is 12.1. The van der Waals surface area contributed by atoms with Crippen molar-refractivity contribution in [2.24, 2.45) is 0 Å². The molecule has 2 atom stereocenters. The summed E-state index contributed by atoms with van der Waals surface area (Å²) in [6.07, 6.45) is 4.24. The number of piperidine rings is 1. The fourth-order valence-corrected chi connectivity index (χ4v) is 4.55. The van der Waals surface area contributed by atoms with Gasteiger partial charge in [-0.2, -0.15) is 0 Å². The van der Waals surface area contributed by atoms with E-state index in [4.69, 9.17) is 0 Å². The van der Waals surface area contributed by atoms with Crippen molar-refractivity contribution in [3.05, 3.63) is 35.4 Å². The van der Waals surface area contributed by atoms with Crippen LogP contribution in [0, 0.1) is 0 Å². The minimum Gasteiger partial charge on any atom is -0.313 e. The number of sulfonamides is 1. The molecule has 1 aromatic rings. The first-order valence-corrected chi connectivity index (χ1v) is 9.08. The average molecular weight is 294 g/mol. The monoisotopic (exact) mass is 294 g/mol. The molecule has 1 saturated heterocycles. The van der Waals surface area contributed by atoms with E-state index in [-0.39, 0.29) is 11.8 Å². The van der Waals surface area contributed by atoms with Crippen LogP contribution in [-0.4, -0.2) is 33.3 Å². The van der Waals surface area contributed by atoms with Crippen LogP contribution in [0.1, 0.15) is 36.3 Å². The molecule has 110 valence electrons. The zero-order valence-corrected chi connectivity index (χ0v) is 12.5. The van der Waals surface area contributed by atoms with Gasteiger partial charge in [-0.15, -0.1) is 0 Å². The molecule has 20 heavy (non-hydrogen) atoms. The summed E-state index contributed by atoms with van der Waals surface area (Å²) in [5.74, 6) is 0.557. The number of hydrogen-bond donors (Lipinski definition) is 2. The summed E-state index contributed by atoms with van der Waals surface area (Å²) in [5.41, 5.74) is 2.65. The Hall–Kier alpha value is -0.910. The van der Waals surface area contributed by atoms with E-state index in [9.17, 15) is 8.42 Å². The highest BCUT2D eigenvalue weighted by atomic mass is 32.2. The Morgan fingerprint density at radius 2 is 2.10 bits per heavy atom. The van der Waals surface area contributed by atoms with Crippen LogP contribution in [0.15, 0.2) is 24.3 Å². The van der Waals surface area contributed by atoms with E-state index in [0.717, 1.165) is 32.2 Å². The summed E-state index contributed by atoms with van der Waals surface area (Å²) in [4.78, 5) is 0. The summed E-state index contributed by atoms with van der Waals surface area (Å²) in [7, 11) is -3.17. The first kappa shape index (κ1) is 14.0. The molecule has 1 aromatic carbocycles. The van der Waals surface area contributed by atoms with E-state index in [1.54, 1.807) is 0 Å². The smallest absolute Gasteiger partial charge is 0.213 e. The van der Waals surface area contributed by atoms with Gasteiger partial charge < -0.3 is 5.32 Å². The lowest BCUT2D eigenvalue weighted by molar-refractivity contribution is 0.422. The molecule has 0 spiro atoms. The Morgan fingerprint density at radius 1 is 1.25 bits per heavy atom. The average Bonchev–Trinajstić information content (AvgIpc) is 2.40. The topological polar surface area (TPSA) is 58.2 Å². The summed E-state index contributed by atoms with van der Waals surface area (Å²) in [6, 6.07) is 8.39. The van der Waals surface area contributed by atoms with E-state index < -0.39 is 10.0 Å². The number of benzene rings is 1. The molecule has 1 fully saturated rings. The molecule has 1 heterocycles. The fourth-order valence-electron chi connectivity index (χ4n) is 3.16. The minimum atomic E-state index is -3.17. The van der Waals surface area contributed by atoms with Crippen LogP contribution in [-0.2, 0) is 16.4 Å². The lowest BCUT2D eigenvalue weighted by Crippen LogP contribution is -2.43. The standard InChI is InChI=1S/C15H22N2O2S/c18-20(19,11-14-6-3-4-8-16-14)17-10-13-9-12-5-1-2-7-15(12)13/h1-2,5,7,13-14,16-17H,3-4,6,8-11H2. The maximum atomic E-state index is 12.1. The molecule has 2 N–H and O–H groups in total. The Kier molecular flexibility index (Phi) is 4.10. The van der Waals surface area contributed by atoms with Gasteiger partial charge in [0.15, 0.2) is 0 Å². The molecule has 2 aliphatic rings. The fraction of sp³-hybridized carbons (Fsp3) is 0.600. The van der Waals surface area contributed by atoms with E-state index in [0.29, 0.717) is 12.5 Å². The molecule has 0 aromatic heterocycles. The van der Waals surface area contributed by atoms with Crippen molar-refractivity contribution in [1.29, 1.82) is 0 Å². The number of rotatable bonds is 5. The van der Waals surface area contributed by atoms with Gasteiger partial charge >= 0.3 is 0 Å². The van der Waals surface area contributed by atoms with Crippen molar-refractivity contribution in [2.75, 3.05) is 18.8 Å². The molecular weight excluding hydrogens is 272 g/mol. The number of hydrogen-bond acceptors (Lipinski definition) is 3. The third-order valence-corrected chi connectivity index (χ3v) is 5.79. The molecule has 1 aliphatic carbocycles. The van der Waals surface area contributed by atoms with Crippen molar-refractivity contribution in [3.63, 3.8) is 0 Å². The van der Waals surface area contributed by atoms with Gasteiger partial charge in [-0.1, -0.05) is 30.7 Å². The van der Waals surface area contributed by atoms with E-state index in [1.807, 2.05) is 12.1 Å². The summed E-state index contributed by atoms with van der Waals surface area (Å²) in [6.45, 7) is 1.47. The molecule has 2 unspecified atom stereocenters. The minimum absolute atomic E-state index is 0.120. The third-order valence-electron chi connectivity index (χ3n) is 4.34. The third kappa shape index (κ3) is 3.22. The van der Waals surface area contributed by atoms with Gasteiger partial charge in [-0.25, -0.2) is 13.1 Å².